The first kappa shape index (κ1) is 12.6. The summed E-state index contributed by atoms with van der Waals surface area (Å²) >= 11 is 0. The van der Waals surface area contributed by atoms with Gasteiger partial charge in [0.25, 0.3) is 0 Å². The third-order valence-corrected chi connectivity index (χ3v) is 4.12. The fourth-order valence-corrected chi connectivity index (χ4v) is 3.07. The predicted molar refractivity (Wildman–Crippen MR) is 73.3 cm³/mol. The van der Waals surface area contributed by atoms with E-state index < -0.39 is 0 Å². The molecule has 1 aliphatic heterocycles. The lowest BCUT2D eigenvalue weighted by molar-refractivity contribution is 0.313. The fourth-order valence-electron chi connectivity index (χ4n) is 3.07. The molecule has 0 saturated heterocycles. The van der Waals surface area contributed by atoms with E-state index in [1.54, 1.807) is 21.3 Å². The average Bonchev–Trinajstić information content (AvgIpc) is 3.28. The maximum Gasteiger partial charge on any atom is 0.203 e. The molecule has 1 N–H and O–H groups in total. The van der Waals surface area contributed by atoms with Crippen LogP contribution in [0.4, 0.5) is 0 Å². The van der Waals surface area contributed by atoms with Gasteiger partial charge < -0.3 is 19.5 Å². The van der Waals surface area contributed by atoms with Gasteiger partial charge in [0.2, 0.25) is 5.75 Å². The highest BCUT2D eigenvalue weighted by Crippen LogP contribution is 2.51. The highest BCUT2D eigenvalue weighted by molar-refractivity contribution is 5.61. The molecule has 4 nitrogen and oxygen atoms in total. The van der Waals surface area contributed by atoms with Gasteiger partial charge in [0.05, 0.1) is 21.3 Å². The lowest BCUT2D eigenvalue weighted by Crippen LogP contribution is -2.31. The van der Waals surface area contributed by atoms with Gasteiger partial charge in [-0.1, -0.05) is 0 Å². The number of nitrogens with one attached hydrogen (secondary N) is 1. The number of hydrogen-bond acceptors (Lipinski definition) is 4. The van der Waals surface area contributed by atoms with Crippen LogP contribution in [0.25, 0.3) is 0 Å². The van der Waals surface area contributed by atoms with Crippen LogP contribution in [0.1, 0.15) is 30.0 Å². The number of methoxy groups -OCH3 is 3. The van der Waals surface area contributed by atoms with E-state index in [0.717, 1.165) is 30.4 Å². The van der Waals surface area contributed by atoms with Gasteiger partial charge in [-0.25, -0.2) is 0 Å². The summed E-state index contributed by atoms with van der Waals surface area (Å²) in [5, 5.41) is 3.62. The summed E-state index contributed by atoms with van der Waals surface area (Å²) in [6.45, 7) is 1.02. The summed E-state index contributed by atoms with van der Waals surface area (Å²) in [6.07, 6.45) is 3.61. The molecule has 2 aliphatic rings. The van der Waals surface area contributed by atoms with Crippen LogP contribution in [0.2, 0.25) is 0 Å². The van der Waals surface area contributed by atoms with Crippen molar-refractivity contribution in [3.05, 3.63) is 17.2 Å². The van der Waals surface area contributed by atoms with Gasteiger partial charge in [-0.3, -0.25) is 0 Å². The lowest BCUT2D eigenvalue weighted by atomic mass is 9.90. The van der Waals surface area contributed by atoms with Crippen LogP contribution >= 0.6 is 0 Å². The molecule has 19 heavy (non-hydrogen) atoms. The molecule has 0 radical (unpaired) electrons. The Labute approximate surface area is 114 Å². The number of ether oxygens (including phenoxy) is 3. The van der Waals surface area contributed by atoms with E-state index in [0.29, 0.717) is 11.8 Å². The lowest BCUT2D eigenvalue weighted by Gasteiger charge is -2.30. The molecule has 1 heterocycles. The number of benzene rings is 1. The van der Waals surface area contributed by atoms with Crippen LogP contribution in [0.3, 0.4) is 0 Å². The van der Waals surface area contributed by atoms with E-state index in [4.69, 9.17) is 14.2 Å². The largest absolute Gasteiger partial charge is 0.493 e. The molecule has 1 saturated carbocycles. The van der Waals surface area contributed by atoms with Gasteiger partial charge in [0.15, 0.2) is 11.5 Å². The molecular weight excluding hydrogens is 242 g/mol. The Kier molecular flexibility index (Phi) is 3.27. The van der Waals surface area contributed by atoms with Crippen LogP contribution in [0, 0.1) is 5.92 Å². The zero-order chi connectivity index (χ0) is 13.4. The molecule has 1 aromatic carbocycles. The summed E-state index contributed by atoms with van der Waals surface area (Å²) in [6, 6.07) is 2.51. The minimum atomic E-state index is 0.401. The zero-order valence-electron chi connectivity index (χ0n) is 11.8. The van der Waals surface area contributed by atoms with Crippen LogP contribution < -0.4 is 19.5 Å². The second kappa shape index (κ2) is 4.93. The fraction of sp³-hybridized carbons (Fsp3) is 0.600. The smallest absolute Gasteiger partial charge is 0.203 e. The minimum absolute atomic E-state index is 0.401. The van der Waals surface area contributed by atoms with Crippen molar-refractivity contribution in [2.24, 2.45) is 5.92 Å². The molecular formula is C15H21NO3. The van der Waals surface area contributed by atoms with E-state index in [1.165, 1.54) is 24.0 Å². The van der Waals surface area contributed by atoms with Gasteiger partial charge in [-0.2, -0.15) is 0 Å². The van der Waals surface area contributed by atoms with Crippen LogP contribution in [0.5, 0.6) is 17.2 Å². The molecule has 3 rings (SSSR count). The molecule has 0 bridgehead atoms. The molecule has 1 atom stereocenters. The van der Waals surface area contributed by atoms with E-state index in [-0.39, 0.29) is 0 Å². The maximum absolute atomic E-state index is 5.64. The van der Waals surface area contributed by atoms with E-state index in [2.05, 4.69) is 11.4 Å². The third kappa shape index (κ3) is 2.04. The van der Waals surface area contributed by atoms with Crippen molar-refractivity contribution in [3.63, 3.8) is 0 Å². The van der Waals surface area contributed by atoms with Gasteiger partial charge in [0.1, 0.15) is 0 Å². The van der Waals surface area contributed by atoms with Crippen molar-refractivity contribution < 1.29 is 14.2 Å². The van der Waals surface area contributed by atoms with E-state index in [9.17, 15) is 0 Å². The average molecular weight is 263 g/mol. The SMILES string of the molecule is COc1cc2c(c(OC)c1OC)C(C1CC1)NCC2. The Morgan fingerprint density at radius 1 is 1.05 bits per heavy atom. The Morgan fingerprint density at radius 2 is 1.79 bits per heavy atom. The Morgan fingerprint density at radius 3 is 2.37 bits per heavy atom. The third-order valence-electron chi connectivity index (χ3n) is 4.12. The summed E-state index contributed by atoms with van der Waals surface area (Å²) in [5.74, 6) is 3.04. The molecule has 104 valence electrons. The highest BCUT2D eigenvalue weighted by Gasteiger charge is 2.38. The molecule has 0 amide bonds. The normalized spacial score (nSPS) is 21.7. The van der Waals surface area contributed by atoms with Crippen molar-refractivity contribution >= 4 is 0 Å². The Bertz CT molecular complexity index is 483. The van der Waals surface area contributed by atoms with Crippen LogP contribution in [-0.2, 0) is 6.42 Å². The van der Waals surface area contributed by atoms with Crippen molar-refractivity contribution in [3.8, 4) is 17.2 Å². The van der Waals surface area contributed by atoms with Crippen LogP contribution in [-0.4, -0.2) is 27.9 Å². The summed E-state index contributed by atoms with van der Waals surface area (Å²) in [7, 11) is 5.04. The number of fused-ring (bicyclic) bond motifs is 1. The minimum Gasteiger partial charge on any atom is -0.493 e. The van der Waals surface area contributed by atoms with Gasteiger partial charge in [0, 0.05) is 11.6 Å². The molecule has 0 aromatic heterocycles. The molecule has 1 fully saturated rings. The first-order chi connectivity index (χ1) is 9.30. The zero-order valence-corrected chi connectivity index (χ0v) is 11.8. The first-order valence-corrected chi connectivity index (χ1v) is 6.85. The van der Waals surface area contributed by atoms with Gasteiger partial charge >= 0.3 is 0 Å². The molecule has 0 spiro atoms. The Hall–Kier alpha value is -1.42. The monoisotopic (exact) mass is 263 g/mol. The van der Waals surface area contributed by atoms with Crippen LogP contribution in [0.15, 0.2) is 6.07 Å². The standard InChI is InChI=1S/C15H21NO3/c1-17-11-8-10-6-7-16-13(9-4-5-9)12(10)15(19-3)14(11)18-2/h8-9,13,16H,4-7H2,1-3H3. The van der Waals surface area contributed by atoms with Gasteiger partial charge in [-0.05, 0) is 43.4 Å². The predicted octanol–water partition coefficient (Wildman–Crippen LogP) is 2.31. The second-order valence-electron chi connectivity index (χ2n) is 5.24. The Balaban J connectivity index is 2.16. The quantitative estimate of drug-likeness (QED) is 0.905. The van der Waals surface area contributed by atoms with Crippen molar-refractivity contribution in [1.82, 2.24) is 5.32 Å². The molecule has 1 unspecified atom stereocenters. The van der Waals surface area contributed by atoms with E-state index >= 15 is 0 Å². The van der Waals surface area contributed by atoms with E-state index in [1.807, 2.05) is 0 Å². The molecule has 1 aromatic rings. The van der Waals surface area contributed by atoms with Crippen molar-refractivity contribution in [2.75, 3.05) is 27.9 Å². The number of rotatable bonds is 4. The first-order valence-electron chi connectivity index (χ1n) is 6.85. The van der Waals surface area contributed by atoms with Crippen molar-refractivity contribution in [2.45, 2.75) is 25.3 Å². The summed E-state index contributed by atoms with van der Waals surface area (Å²) in [4.78, 5) is 0. The molecule has 1 aliphatic carbocycles. The topological polar surface area (TPSA) is 39.7 Å². The maximum atomic E-state index is 5.64. The molecule has 4 heteroatoms. The summed E-state index contributed by atoms with van der Waals surface area (Å²) in [5.41, 5.74) is 2.60. The highest BCUT2D eigenvalue weighted by atomic mass is 16.5. The van der Waals surface area contributed by atoms with Crippen molar-refractivity contribution in [1.29, 1.82) is 0 Å². The number of hydrogen-bond donors (Lipinski definition) is 1. The van der Waals surface area contributed by atoms with Gasteiger partial charge in [-0.15, -0.1) is 0 Å². The summed E-state index contributed by atoms with van der Waals surface area (Å²) < 4.78 is 16.6. The second-order valence-corrected chi connectivity index (χ2v) is 5.24.